The van der Waals surface area contributed by atoms with Crippen LogP contribution in [0.2, 0.25) is 0 Å². The number of carbonyl (C=O) groups excluding carboxylic acids is 1. The van der Waals surface area contributed by atoms with Gasteiger partial charge in [0.15, 0.2) is 0 Å². The van der Waals surface area contributed by atoms with E-state index in [1.807, 2.05) is 0 Å². The van der Waals surface area contributed by atoms with Crippen LogP contribution in [0.1, 0.15) is 37.7 Å². The second kappa shape index (κ2) is 7.11. The first-order chi connectivity index (χ1) is 10.1. The van der Waals surface area contributed by atoms with Crippen molar-refractivity contribution in [3.05, 3.63) is 29.8 Å². The third-order valence-corrected chi connectivity index (χ3v) is 3.97. The summed E-state index contributed by atoms with van der Waals surface area (Å²) in [5.74, 6) is -1.11. The molecule has 21 heavy (non-hydrogen) atoms. The maximum Gasteiger partial charge on any atom is 0.326 e. The van der Waals surface area contributed by atoms with Gasteiger partial charge in [-0.1, -0.05) is 31.4 Å². The second-order valence-corrected chi connectivity index (χ2v) is 5.60. The Morgan fingerprint density at radius 2 is 1.76 bits per heavy atom. The Hall–Kier alpha value is -2.04. The van der Waals surface area contributed by atoms with Crippen molar-refractivity contribution in [3.63, 3.8) is 0 Å². The Labute approximate surface area is 124 Å². The highest BCUT2D eigenvalue weighted by atomic mass is 16.4. The molecule has 0 aliphatic heterocycles. The van der Waals surface area contributed by atoms with Gasteiger partial charge in [-0.2, -0.15) is 0 Å². The van der Waals surface area contributed by atoms with E-state index < -0.39 is 12.0 Å². The first-order valence-electron chi connectivity index (χ1n) is 7.37. The van der Waals surface area contributed by atoms with E-state index in [0.29, 0.717) is 0 Å². The topological polar surface area (TPSA) is 86.6 Å². The fraction of sp³-hybridized carbons (Fsp3) is 0.500. The Bertz CT molecular complexity index is 492. The van der Waals surface area contributed by atoms with E-state index >= 15 is 0 Å². The van der Waals surface area contributed by atoms with Crippen molar-refractivity contribution >= 4 is 11.9 Å². The predicted molar refractivity (Wildman–Crippen MR) is 78.0 cm³/mol. The number of hydrogen-bond donors (Lipinski definition) is 3. The Balaban J connectivity index is 1.96. The van der Waals surface area contributed by atoms with Crippen molar-refractivity contribution in [1.82, 2.24) is 5.32 Å². The number of rotatable bonds is 5. The molecule has 1 aromatic rings. The average Bonchev–Trinajstić information content (AvgIpc) is 2.49. The minimum atomic E-state index is -1.03. The third kappa shape index (κ3) is 4.48. The first kappa shape index (κ1) is 15.4. The zero-order valence-electron chi connectivity index (χ0n) is 11.9. The summed E-state index contributed by atoms with van der Waals surface area (Å²) in [5.41, 5.74) is 0.768. The fourth-order valence-electron chi connectivity index (χ4n) is 2.72. The van der Waals surface area contributed by atoms with Gasteiger partial charge in [0.1, 0.15) is 11.8 Å². The van der Waals surface area contributed by atoms with Gasteiger partial charge in [0.05, 0.1) is 0 Å². The van der Waals surface area contributed by atoms with Gasteiger partial charge < -0.3 is 15.5 Å². The van der Waals surface area contributed by atoms with Crippen LogP contribution in [0.5, 0.6) is 5.75 Å². The zero-order chi connectivity index (χ0) is 15.2. The minimum absolute atomic E-state index is 0.0552. The quantitative estimate of drug-likeness (QED) is 0.775. The molecular weight excluding hydrogens is 270 g/mol. The number of carbonyl (C=O) groups is 2. The summed E-state index contributed by atoms with van der Waals surface area (Å²) in [7, 11) is 0. The molecule has 2 rings (SSSR count). The van der Waals surface area contributed by atoms with Crippen molar-refractivity contribution in [1.29, 1.82) is 0 Å². The summed E-state index contributed by atoms with van der Waals surface area (Å²) in [6.07, 6.45) is 5.13. The molecule has 0 bridgehead atoms. The maximum absolute atomic E-state index is 12.1. The van der Waals surface area contributed by atoms with E-state index in [9.17, 15) is 19.8 Å². The number of carboxylic acid groups (broad SMARTS) is 1. The maximum atomic E-state index is 12.1. The molecule has 1 aliphatic rings. The molecule has 114 valence electrons. The number of carboxylic acids is 1. The van der Waals surface area contributed by atoms with E-state index in [1.54, 1.807) is 12.1 Å². The number of benzene rings is 1. The van der Waals surface area contributed by atoms with E-state index in [1.165, 1.54) is 12.1 Å². The Morgan fingerprint density at radius 1 is 1.14 bits per heavy atom. The van der Waals surface area contributed by atoms with Gasteiger partial charge in [0.25, 0.3) is 0 Å². The lowest BCUT2D eigenvalue weighted by atomic mass is 9.88. The standard InChI is InChI=1S/C16H21NO4/c18-13-8-6-11(7-9-13)10-14(16(20)21)17-15(19)12-4-2-1-3-5-12/h6-9,12,14,18H,1-5,10H2,(H,17,19)(H,20,21)/t14-/m1/s1. The molecule has 0 saturated heterocycles. The van der Waals surface area contributed by atoms with Gasteiger partial charge in [-0.15, -0.1) is 0 Å². The molecule has 1 amide bonds. The van der Waals surface area contributed by atoms with Crippen molar-refractivity contribution in [3.8, 4) is 5.75 Å². The average molecular weight is 291 g/mol. The highest BCUT2D eigenvalue weighted by molar-refractivity contribution is 5.85. The van der Waals surface area contributed by atoms with E-state index in [-0.39, 0.29) is 24.0 Å². The number of amides is 1. The van der Waals surface area contributed by atoms with Crippen molar-refractivity contribution in [2.45, 2.75) is 44.6 Å². The van der Waals surface area contributed by atoms with Crippen LogP contribution in [0.3, 0.4) is 0 Å². The van der Waals surface area contributed by atoms with E-state index in [4.69, 9.17) is 0 Å². The van der Waals surface area contributed by atoms with Crippen LogP contribution in [-0.2, 0) is 16.0 Å². The van der Waals surface area contributed by atoms with Gasteiger partial charge >= 0.3 is 5.97 Å². The molecule has 0 heterocycles. The molecule has 5 heteroatoms. The first-order valence-corrected chi connectivity index (χ1v) is 7.37. The monoisotopic (exact) mass is 291 g/mol. The van der Waals surface area contributed by atoms with Crippen LogP contribution in [0.15, 0.2) is 24.3 Å². The van der Waals surface area contributed by atoms with Crippen molar-refractivity contribution < 1.29 is 19.8 Å². The minimum Gasteiger partial charge on any atom is -0.508 e. The SMILES string of the molecule is O=C(N[C@H](Cc1ccc(O)cc1)C(=O)O)C1CCCCC1. The van der Waals surface area contributed by atoms with Crippen LogP contribution < -0.4 is 5.32 Å². The lowest BCUT2D eigenvalue weighted by molar-refractivity contribution is -0.142. The number of aromatic hydroxyl groups is 1. The number of aliphatic carboxylic acids is 1. The summed E-state index contributed by atoms with van der Waals surface area (Å²) >= 11 is 0. The van der Waals surface area contributed by atoms with Crippen molar-refractivity contribution in [2.75, 3.05) is 0 Å². The van der Waals surface area contributed by atoms with Crippen LogP contribution in [-0.4, -0.2) is 28.1 Å². The highest BCUT2D eigenvalue weighted by Crippen LogP contribution is 2.24. The molecular formula is C16H21NO4. The smallest absolute Gasteiger partial charge is 0.326 e. The third-order valence-electron chi connectivity index (χ3n) is 3.97. The molecule has 1 aliphatic carbocycles. The molecule has 1 fully saturated rings. The largest absolute Gasteiger partial charge is 0.508 e. The molecule has 1 saturated carbocycles. The van der Waals surface area contributed by atoms with Gasteiger partial charge in [-0.3, -0.25) is 4.79 Å². The number of nitrogens with one attached hydrogen (secondary N) is 1. The second-order valence-electron chi connectivity index (χ2n) is 5.60. The summed E-state index contributed by atoms with van der Waals surface area (Å²) < 4.78 is 0. The molecule has 0 radical (unpaired) electrons. The number of phenolic OH excluding ortho intramolecular Hbond substituents is 1. The highest BCUT2D eigenvalue weighted by Gasteiger charge is 2.26. The van der Waals surface area contributed by atoms with Gasteiger partial charge in [0.2, 0.25) is 5.91 Å². The summed E-state index contributed by atoms with van der Waals surface area (Å²) in [6.45, 7) is 0. The summed E-state index contributed by atoms with van der Waals surface area (Å²) in [4.78, 5) is 23.5. The molecule has 0 spiro atoms. The van der Waals surface area contributed by atoms with Crippen molar-refractivity contribution in [2.24, 2.45) is 5.92 Å². The van der Waals surface area contributed by atoms with Crippen LogP contribution in [0.4, 0.5) is 0 Å². The molecule has 1 aromatic carbocycles. The summed E-state index contributed by atoms with van der Waals surface area (Å²) in [6, 6.07) is 5.42. The predicted octanol–water partition coefficient (Wildman–Crippen LogP) is 2.08. The molecule has 0 aromatic heterocycles. The van der Waals surface area contributed by atoms with E-state index in [0.717, 1.165) is 37.7 Å². The molecule has 3 N–H and O–H groups in total. The van der Waals surface area contributed by atoms with Crippen LogP contribution in [0, 0.1) is 5.92 Å². The fourth-order valence-corrected chi connectivity index (χ4v) is 2.72. The normalized spacial score (nSPS) is 17.1. The number of hydrogen-bond acceptors (Lipinski definition) is 3. The number of phenols is 1. The van der Waals surface area contributed by atoms with Crippen LogP contribution >= 0.6 is 0 Å². The van der Waals surface area contributed by atoms with Gasteiger partial charge in [-0.05, 0) is 30.5 Å². The lowest BCUT2D eigenvalue weighted by Crippen LogP contribution is -2.45. The summed E-state index contributed by atoms with van der Waals surface area (Å²) in [5, 5.41) is 21.2. The van der Waals surface area contributed by atoms with Gasteiger partial charge in [0, 0.05) is 12.3 Å². The lowest BCUT2D eigenvalue weighted by Gasteiger charge is -2.23. The van der Waals surface area contributed by atoms with Gasteiger partial charge in [-0.25, -0.2) is 4.79 Å². The molecule has 1 atom stereocenters. The van der Waals surface area contributed by atoms with Crippen LogP contribution in [0.25, 0.3) is 0 Å². The zero-order valence-corrected chi connectivity index (χ0v) is 11.9. The molecule has 0 unspecified atom stereocenters. The Kier molecular flexibility index (Phi) is 5.20. The Morgan fingerprint density at radius 3 is 2.33 bits per heavy atom. The molecule has 5 nitrogen and oxygen atoms in total. The van der Waals surface area contributed by atoms with E-state index in [2.05, 4.69) is 5.32 Å².